The van der Waals surface area contributed by atoms with Gasteiger partial charge in [-0.05, 0) is 12.5 Å². The lowest BCUT2D eigenvalue weighted by molar-refractivity contribution is -0.138. The molecule has 0 spiro atoms. The first-order chi connectivity index (χ1) is 10.2. The van der Waals surface area contributed by atoms with E-state index in [2.05, 4.69) is 6.92 Å². The van der Waals surface area contributed by atoms with Gasteiger partial charge in [0, 0.05) is 25.1 Å². The average Bonchev–Trinajstić information content (AvgIpc) is 2.91. The number of unbranched alkanes of at least 4 members (excludes halogenated alkanes) is 2. The van der Waals surface area contributed by atoms with Crippen LogP contribution >= 0.6 is 0 Å². The van der Waals surface area contributed by atoms with Crippen LogP contribution in [-0.2, 0) is 11.2 Å². The number of aliphatic hydroxyl groups excluding tert-OH is 1. The molecule has 0 fully saturated rings. The Morgan fingerprint density at radius 3 is 2.90 bits per heavy atom. The lowest BCUT2D eigenvalue weighted by Gasteiger charge is -2.24. The van der Waals surface area contributed by atoms with Crippen LogP contribution < -0.4 is 4.74 Å². The van der Waals surface area contributed by atoms with Crippen molar-refractivity contribution in [2.24, 2.45) is 0 Å². The molecule has 0 aromatic heterocycles. The van der Waals surface area contributed by atoms with Gasteiger partial charge in [-0.3, -0.25) is 4.79 Å². The van der Waals surface area contributed by atoms with E-state index in [1.807, 2.05) is 0 Å². The molecule has 5 heteroatoms. The van der Waals surface area contributed by atoms with Crippen LogP contribution in [0.5, 0.6) is 5.75 Å². The highest BCUT2D eigenvalue weighted by molar-refractivity contribution is 5.82. The Balaban J connectivity index is 2.00. The summed E-state index contributed by atoms with van der Waals surface area (Å²) in [5.41, 5.74) is 0.728. The van der Waals surface area contributed by atoms with Gasteiger partial charge >= 0.3 is 0 Å². The second-order valence-electron chi connectivity index (χ2n) is 5.29. The predicted octanol–water partition coefficient (Wildman–Crippen LogP) is 2.14. The van der Waals surface area contributed by atoms with Gasteiger partial charge in [-0.25, -0.2) is 4.39 Å². The van der Waals surface area contributed by atoms with Gasteiger partial charge in [0.15, 0.2) is 17.7 Å². The Kier molecular flexibility index (Phi) is 5.56. The van der Waals surface area contributed by atoms with Crippen molar-refractivity contribution in [2.75, 3.05) is 19.7 Å². The summed E-state index contributed by atoms with van der Waals surface area (Å²) in [6, 6.07) is 4.73. The van der Waals surface area contributed by atoms with Gasteiger partial charge in [0.1, 0.15) is 0 Å². The zero-order valence-electron chi connectivity index (χ0n) is 12.3. The minimum Gasteiger partial charge on any atom is -0.477 e. The van der Waals surface area contributed by atoms with Gasteiger partial charge in [0.25, 0.3) is 5.91 Å². The van der Waals surface area contributed by atoms with E-state index in [1.54, 1.807) is 17.0 Å². The Morgan fingerprint density at radius 1 is 1.43 bits per heavy atom. The van der Waals surface area contributed by atoms with Gasteiger partial charge in [0.05, 0.1) is 6.61 Å². The molecule has 0 radical (unpaired) electrons. The standard InChI is InChI=1S/C16H22FNO3/c1-2-3-4-8-18(9-10-19)16(20)14-11-12-6-5-7-13(17)15(12)21-14/h5-7,14,19H,2-4,8-11H2,1H3. The van der Waals surface area contributed by atoms with Gasteiger partial charge in [-0.1, -0.05) is 31.9 Å². The normalized spacial score (nSPS) is 16.4. The minimum atomic E-state index is -0.676. The van der Waals surface area contributed by atoms with Gasteiger partial charge in [-0.15, -0.1) is 0 Å². The van der Waals surface area contributed by atoms with E-state index >= 15 is 0 Å². The third-order valence-corrected chi connectivity index (χ3v) is 3.70. The first-order valence-corrected chi connectivity index (χ1v) is 7.51. The van der Waals surface area contributed by atoms with Crippen LogP contribution in [0.25, 0.3) is 0 Å². The van der Waals surface area contributed by atoms with Crippen molar-refractivity contribution < 1.29 is 19.0 Å². The van der Waals surface area contributed by atoms with Gasteiger partial charge in [-0.2, -0.15) is 0 Å². The first-order valence-electron chi connectivity index (χ1n) is 7.51. The molecule has 4 nitrogen and oxygen atoms in total. The molecule has 1 aromatic carbocycles. The number of carbonyl (C=O) groups is 1. The quantitative estimate of drug-likeness (QED) is 0.784. The summed E-state index contributed by atoms with van der Waals surface area (Å²) < 4.78 is 19.1. The maximum Gasteiger partial charge on any atom is 0.264 e. The Labute approximate surface area is 124 Å². The fourth-order valence-corrected chi connectivity index (χ4v) is 2.58. The molecular formula is C16H22FNO3. The summed E-state index contributed by atoms with van der Waals surface area (Å²) in [6.45, 7) is 2.91. The third kappa shape index (κ3) is 3.73. The monoisotopic (exact) mass is 295 g/mol. The molecule has 0 saturated carbocycles. The predicted molar refractivity (Wildman–Crippen MR) is 77.7 cm³/mol. The number of benzene rings is 1. The van der Waals surface area contributed by atoms with Crippen LogP contribution in [0.15, 0.2) is 18.2 Å². The molecule has 116 valence electrons. The molecule has 21 heavy (non-hydrogen) atoms. The van der Waals surface area contributed by atoms with Crippen LogP contribution in [0.3, 0.4) is 0 Å². The van der Waals surface area contributed by atoms with E-state index < -0.39 is 11.9 Å². The number of hydrogen-bond donors (Lipinski definition) is 1. The molecule has 0 aliphatic carbocycles. The van der Waals surface area contributed by atoms with Crippen molar-refractivity contribution in [3.63, 3.8) is 0 Å². The number of para-hydroxylation sites is 1. The second-order valence-corrected chi connectivity index (χ2v) is 5.29. The molecule has 1 aliphatic rings. The summed E-state index contributed by atoms with van der Waals surface area (Å²) in [5.74, 6) is -0.411. The highest BCUT2D eigenvalue weighted by atomic mass is 19.1. The number of hydrogen-bond acceptors (Lipinski definition) is 3. The summed E-state index contributed by atoms with van der Waals surface area (Å²) in [5, 5.41) is 9.11. The number of fused-ring (bicyclic) bond motifs is 1. The first kappa shape index (κ1) is 15.8. The summed E-state index contributed by atoms with van der Waals surface area (Å²) in [7, 11) is 0. The zero-order valence-corrected chi connectivity index (χ0v) is 12.3. The molecule has 1 amide bonds. The largest absolute Gasteiger partial charge is 0.477 e. The van der Waals surface area contributed by atoms with Crippen LogP contribution in [0.4, 0.5) is 4.39 Å². The summed E-state index contributed by atoms with van der Waals surface area (Å²) in [4.78, 5) is 14.1. The topological polar surface area (TPSA) is 49.8 Å². The van der Waals surface area contributed by atoms with Gasteiger partial charge < -0.3 is 14.7 Å². The molecule has 2 rings (SSSR count). The third-order valence-electron chi connectivity index (χ3n) is 3.70. The van der Waals surface area contributed by atoms with Crippen molar-refractivity contribution in [1.29, 1.82) is 0 Å². The SMILES string of the molecule is CCCCCN(CCO)C(=O)C1Cc2cccc(F)c2O1. The number of rotatable bonds is 7. The Bertz CT molecular complexity index is 492. The molecule has 1 aromatic rings. The van der Waals surface area contributed by atoms with E-state index in [9.17, 15) is 9.18 Å². The van der Waals surface area contributed by atoms with Crippen LogP contribution in [0.1, 0.15) is 31.7 Å². The fourth-order valence-electron chi connectivity index (χ4n) is 2.58. The smallest absolute Gasteiger partial charge is 0.264 e. The Hall–Kier alpha value is -1.62. The molecule has 1 aliphatic heterocycles. The average molecular weight is 295 g/mol. The molecule has 0 saturated heterocycles. The maximum absolute atomic E-state index is 13.6. The lowest BCUT2D eigenvalue weighted by atomic mass is 10.1. The molecule has 1 heterocycles. The highest BCUT2D eigenvalue weighted by Gasteiger charge is 2.33. The number of halogens is 1. The van der Waals surface area contributed by atoms with Crippen molar-refractivity contribution in [1.82, 2.24) is 4.90 Å². The maximum atomic E-state index is 13.6. The van der Waals surface area contributed by atoms with Crippen LogP contribution in [0, 0.1) is 5.82 Å². The van der Waals surface area contributed by atoms with Crippen molar-refractivity contribution >= 4 is 5.91 Å². The minimum absolute atomic E-state index is 0.0775. The van der Waals surface area contributed by atoms with E-state index in [0.717, 1.165) is 24.8 Å². The lowest BCUT2D eigenvalue weighted by Crippen LogP contribution is -2.43. The van der Waals surface area contributed by atoms with E-state index in [1.165, 1.54) is 6.07 Å². The van der Waals surface area contributed by atoms with Crippen molar-refractivity contribution in [3.05, 3.63) is 29.6 Å². The van der Waals surface area contributed by atoms with Gasteiger partial charge in [0.2, 0.25) is 0 Å². The fraction of sp³-hybridized carbons (Fsp3) is 0.562. The molecule has 1 atom stereocenters. The summed E-state index contributed by atoms with van der Waals surface area (Å²) in [6.07, 6.45) is 2.72. The summed E-state index contributed by atoms with van der Waals surface area (Å²) >= 11 is 0. The molecule has 1 unspecified atom stereocenters. The van der Waals surface area contributed by atoms with Crippen LogP contribution in [-0.4, -0.2) is 41.7 Å². The van der Waals surface area contributed by atoms with Crippen LogP contribution in [0.2, 0.25) is 0 Å². The number of amides is 1. The molecular weight excluding hydrogens is 273 g/mol. The molecule has 0 bridgehead atoms. The van der Waals surface area contributed by atoms with Crippen molar-refractivity contribution in [3.8, 4) is 5.75 Å². The highest BCUT2D eigenvalue weighted by Crippen LogP contribution is 2.32. The zero-order chi connectivity index (χ0) is 15.2. The van der Waals surface area contributed by atoms with E-state index in [-0.39, 0.29) is 18.3 Å². The number of nitrogens with zero attached hydrogens (tertiary/aromatic N) is 1. The Morgan fingerprint density at radius 2 is 2.24 bits per heavy atom. The number of aliphatic hydroxyl groups is 1. The molecule has 1 N–H and O–H groups in total. The van der Waals surface area contributed by atoms with Crippen molar-refractivity contribution in [2.45, 2.75) is 38.7 Å². The van der Waals surface area contributed by atoms with E-state index in [4.69, 9.17) is 9.84 Å². The number of ether oxygens (including phenoxy) is 1. The second kappa shape index (κ2) is 7.41. The number of carbonyl (C=O) groups excluding carboxylic acids is 1. The van der Waals surface area contributed by atoms with E-state index in [0.29, 0.717) is 19.5 Å².